The predicted molar refractivity (Wildman–Crippen MR) is 126 cm³/mol. The van der Waals surface area contributed by atoms with E-state index in [-0.39, 0.29) is 11.0 Å². The molecular weight excluding hydrogens is 518 g/mol. The summed E-state index contributed by atoms with van der Waals surface area (Å²) in [6, 6.07) is 11.8. The Balaban J connectivity index is 2.00. The maximum absolute atomic E-state index is 15.3. The number of fused-ring (bicyclic) bond motifs is 1. The third-order valence-electron chi connectivity index (χ3n) is 5.04. The lowest BCUT2D eigenvalue weighted by atomic mass is 10.0. The maximum Gasteiger partial charge on any atom is 0.298 e. The lowest BCUT2D eigenvalue weighted by Crippen LogP contribution is -2.54. The van der Waals surface area contributed by atoms with Crippen molar-refractivity contribution in [1.29, 1.82) is 0 Å². The molecule has 0 radical (unpaired) electrons. The van der Waals surface area contributed by atoms with Gasteiger partial charge in [-0.1, -0.05) is 40.2 Å². The second-order valence-electron chi connectivity index (χ2n) is 7.79. The second-order valence-corrected chi connectivity index (χ2v) is 10.7. The highest BCUT2D eigenvalue weighted by Gasteiger charge is 2.51. The number of sulfonamides is 1. The van der Waals surface area contributed by atoms with E-state index in [0.29, 0.717) is 25.3 Å². The summed E-state index contributed by atoms with van der Waals surface area (Å²) in [6.07, 6.45) is -0.0334. The van der Waals surface area contributed by atoms with Crippen LogP contribution in [-0.4, -0.2) is 37.8 Å². The highest BCUT2D eigenvalue weighted by Crippen LogP contribution is 2.37. The molecule has 0 heterocycles. The number of carbonyl (C=O) groups excluding carboxylic acids is 1. The van der Waals surface area contributed by atoms with Crippen molar-refractivity contribution in [1.82, 2.24) is 4.31 Å². The van der Waals surface area contributed by atoms with Gasteiger partial charge in [-0.2, -0.15) is 13.1 Å². The Labute approximate surface area is 199 Å². The molecule has 3 rings (SSSR count). The van der Waals surface area contributed by atoms with E-state index in [1.54, 1.807) is 24.3 Å². The van der Waals surface area contributed by atoms with Crippen LogP contribution < -0.4 is 10.5 Å². The SMILES string of the molecule is CC(C)Oc1ccc2cc(S(=O)(=O)N(C)[C@@H](C(N)=O)C(F)(F)c3ccc(Br)cc3)ccc2c1. The minimum absolute atomic E-state index is 0.0334. The zero-order chi connectivity index (χ0) is 24.6. The molecule has 0 spiro atoms. The molecule has 176 valence electrons. The number of halogens is 3. The first-order chi connectivity index (χ1) is 15.3. The van der Waals surface area contributed by atoms with Crippen molar-refractivity contribution in [2.75, 3.05) is 7.05 Å². The van der Waals surface area contributed by atoms with Crippen LogP contribution in [0.4, 0.5) is 8.78 Å². The molecule has 0 fully saturated rings. The summed E-state index contributed by atoms with van der Waals surface area (Å²) < 4.78 is 63.5. The van der Waals surface area contributed by atoms with E-state index in [4.69, 9.17) is 10.5 Å². The first-order valence-electron chi connectivity index (χ1n) is 9.95. The summed E-state index contributed by atoms with van der Waals surface area (Å²) in [7, 11) is -3.57. The van der Waals surface area contributed by atoms with Crippen LogP contribution in [0.1, 0.15) is 19.4 Å². The van der Waals surface area contributed by atoms with Crippen molar-refractivity contribution in [3.05, 3.63) is 70.7 Å². The number of carbonyl (C=O) groups is 1. The maximum atomic E-state index is 15.3. The van der Waals surface area contributed by atoms with Gasteiger partial charge in [-0.3, -0.25) is 4.79 Å². The Bertz CT molecular complexity index is 1280. The standard InChI is InChI=1S/C23H23BrF2N2O4S/c1-14(2)32-19-10-4-16-13-20(11-5-15(16)12-19)33(30,31)28(3)21(22(27)29)23(25,26)17-6-8-18(24)9-7-17/h4-14,21H,1-3H3,(H2,27,29)/t21-/m0/s1. The van der Waals surface area contributed by atoms with Gasteiger partial charge >= 0.3 is 0 Å². The summed E-state index contributed by atoms with van der Waals surface area (Å²) in [5.74, 6) is -4.72. The fourth-order valence-corrected chi connectivity index (χ4v) is 5.06. The second kappa shape index (κ2) is 9.36. The molecule has 0 aliphatic carbocycles. The van der Waals surface area contributed by atoms with E-state index in [0.717, 1.165) is 19.2 Å². The molecule has 0 unspecified atom stereocenters. The van der Waals surface area contributed by atoms with Crippen LogP contribution in [0, 0.1) is 0 Å². The van der Waals surface area contributed by atoms with Crippen molar-refractivity contribution in [3.63, 3.8) is 0 Å². The fourth-order valence-electron chi connectivity index (χ4n) is 3.43. The van der Waals surface area contributed by atoms with Gasteiger partial charge in [0.2, 0.25) is 15.9 Å². The summed E-state index contributed by atoms with van der Waals surface area (Å²) in [6.45, 7) is 3.77. The Hall–Kier alpha value is -2.56. The minimum Gasteiger partial charge on any atom is -0.491 e. The van der Waals surface area contributed by atoms with Crippen LogP contribution in [-0.2, 0) is 20.7 Å². The Morgan fingerprint density at radius 3 is 2.18 bits per heavy atom. The van der Waals surface area contributed by atoms with Crippen molar-refractivity contribution >= 4 is 42.6 Å². The number of alkyl halides is 2. The Morgan fingerprint density at radius 2 is 1.61 bits per heavy atom. The number of primary amides is 1. The van der Waals surface area contributed by atoms with Gasteiger partial charge in [0.25, 0.3) is 5.92 Å². The predicted octanol–water partition coefficient (Wildman–Crippen LogP) is 4.66. The summed E-state index contributed by atoms with van der Waals surface area (Å²) in [4.78, 5) is 11.8. The molecule has 0 aliphatic heterocycles. The number of amides is 1. The van der Waals surface area contributed by atoms with E-state index in [1.165, 1.54) is 24.3 Å². The lowest BCUT2D eigenvalue weighted by molar-refractivity contribution is -0.136. The molecule has 1 atom stereocenters. The number of hydrogen-bond acceptors (Lipinski definition) is 4. The summed E-state index contributed by atoms with van der Waals surface area (Å²) >= 11 is 3.15. The van der Waals surface area contributed by atoms with Gasteiger partial charge in [-0.05, 0) is 61.0 Å². The number of likely N-dealkylation sites (N-methyl/N-ethyl adjacent to an activating group) is 1. The monoisotopic (exact) mass is 540 g/mol. The van der Waals surface area contributed by atoms with Gasteiger partial charge in [0.1, 0.15) is 5.75 Å². The molecule has 33 heavy (non-hydrogen) atoms. The molecule has 10 heteroatoms. The van der Waals surface area contributed by atoms with Gasteiger partial charge in [-0.25, -0.2) is 8.42 Å². The van der Waals surface area contributed by atoms with Crippen LogP contribution in [0.25, 0.3) is 10.8 Å². The first kappa shape index (κ1) is 25.1. The van der Waals surface area contributed by atoms with Gasteiger partial charge in [0, 0.05) is 17.1 Å². The summed E-state index contributed by atoms with van der Waals surface area (Å²) in [5, 5.41) is 1.28. The minimum atomic E-state index is -4.49. The van der Waals surface area contributed by atoms with Crippen LogP contribution in [0.2, 0.25) is 0 Å². The average Bonchev–Trinajstić information content (AvgIpc) is 2.72. The molecule has 3 aromatic rings. The number of rotatable bonds is 8. The van der Waals surface area contributed by atoms with E-state index < -0.39 is 33.5 Å². The van der Waals surface area contributed by atoms with Crippen LogP contribution in [0.5, 0.6) is 5.75 Å². The van der Waals surface area contributed by atoms with Gasteiger partial charge in [-0.15, -0.1) is 0 Å². The van der Waals surface area contributed by atoms with Gasteiger partial charge in [0.05, 0.1) is 11.0 Å². The van der Waals surface area contributed by atoms with Crippen molar-refractivity contribution in [2.45, 2.75) is 36.8 Å². The van der Waals surface area contributed by atoms with Gasteiger partial charge in [0.15, 0.2) is 6.04 Å². The average molecular weight is 541 g/mol. The molecule has 2 N–H and O–H groups in total. The molecule has 0 saturated carbocycles. The van der Waals surface area contributed by atoms with Crippen molar-refractivity contribution < 1.29 is 26.7 Å². The smallest absolute Gasteiger partial charge is 0.298 e. The number of nitrogens with zero attached hydrogens (tertiary/aromatic N) is 1. The largest absolute Gasteiger partial charge is 0.491 e. The van der Waals surface area contributed by atoms with Crippen LogP contribution in [0.3, 0.4) is 0 Å². The van der Waals surface area contributed by atoms with Crippen LogP contribution >= 0.6 is 15.9 Å². The molecule has 0 aliphatic rings. The summed E-state index contributed by atoms with van der Waals surface area (Å²) in [5.41, 5.74) is 4.73. The zero-order valence-electron chi connectivity index (χ0n) is 18.1. The fraction of sp³-hybridized carbons (Fsp3) is 0.261. The highest BCUT2D eigenvalue weighted by atomic mass is 79.9. The van der Waals surface area contributed by atoms with Crippen molar-refractivity contribution in [2.24, 2.45) is 5.73 Å². The molecule has 0 bridgehead atoms. The number of ether oxygens (including phenoxy) is 1. The number of nitrogens with two attached hydrogens (primary N) is 1. The third-order valence-corrected chi connectivity index (χ3v) is 7.38. The first-order valence-corrected chi connectivity index (χ1v) is 12.2. The molecule has 0 saturated heterocycles. The molecular formula is C23H23BrF2N2O4S. The highest BCUT2D eigenvalue weighted by molar-refractivity contribution is 9.10. The topological polar surface area (TPSA) is 89.7 Å². The molecule has 1 amide bonds. The van der Waals surface area contributed by atoms with E-state index in [2.05, 4.69) is 15.9 Å². The normalized spacial score (nSPS) is 13.5. The Kier molecular flexibility index (Phi) is 7.11. The quantitative estimate of drug-likeness (QED) is 0.450. The third kappa shape index (κ3) is 5.18. The number of hydrogen-bond donors (Lipinski definition) is 1. The number of benzene rings is 3. The van der Waals surface area contributed by atoms with Crippen LogP contribution in [0.15, 0.2) is 70.0 Å². The molecule has 0 aromatic heterocycles. The van der Waals surface area contributed by atoms with E-state index in [9.17, 15) is 13.2 Å². The lowest BCUT2D eigenvalue weighted by Gasteiger charge is -2.31. The van der Waals surface area contributed by atoms with Gasteiger partial charge < -0.3 is 10.5 Å². The zero-order valence-corrected chi connectivity index (χ0v) is 20.5. The molecule has 3 aromatic carbocycles. The Morgan fingerprint density at radius 1 is 1.03 bits per heavy atom. The van der Waals surface area contributed by atoms with Crippen molar-refractivity contribution in [3.8, 4) is 5.75 Å². The van der Waals surface area contributed by atoms with E-state index in [1.807, 2.05) is 13.8 Å². The van der Waals surface area contributed by atoms with E-state index >= 15 is 8.78 Å². The molecule has 6 nitrogen and oxygen atoms in total.